The summed E-state index contributed by atoms with van der Waals surface area (Å²) in [4.78, 5) is 30.1. The van der Waals surface area contributed by atoms with E-state index in [0.717, 1.165) is 16.7 Å². The van der Waals surface area contributed by atoms with Crippen molar-refractivity contribution in [3.63, 3.8) is 0 Å². The van der Waals surface area contributed by atoms with E-state index >= 15 is 0 Å². The van der Waals surface area contributed by atoms with Crippen molar-refractivity contribution in [3.8, 4) is 0 Å². The van der Waals surface area contributed by atoms with Gasteiger partial charge in [0.05, 0.1) is 6.54 Å². The fraction of sp³-hybridized carbons (Fsp3) is 0.263. The van der Waals surface area contributed by atoms with E-state index in [1.54, 1.807) is 0 Å². The van der Waals surface area contributed by atoms with E-state index in [0.29, 0.717) is 19.6 Å². The van der Waals surface area contributed by atoms with Crippen LogP contribution in [0.2, 0.25) is 0 Å². The molecule has 0 bridgehead atoms. The minimum atomic E-state index is -1.28. The quantitative estimate of drug-likeness (QED) is 0.932. The molecule has 6 nitrogen and oxygen atoms in total. The number of carbonyl (C=O) groups is 2. The van der Waals surface area contributed by atoms with Gasteiger partial charge in [0.1, 0.15) is 6.61 Å². The molecular formula is C19H18N2O4. The fourth-order valence-electron chi connectivity index (χ4n) is 3.43. The maximum Gasteiger partial charge on any atom is 0.405 e. The number of ether oxygens (including phenoxy) is 1. The number of primary amides is 1. The first-order valence-corrected chi connectivity index (χ1v) is 8.15. The standard InChI is InChI=1S/C19H18N2O4/c20-18(23)25-19(10-16(19)13-6-2-1-3-7-13)17(22)21-11-14-8-4-5-9-15(14)12-24-21/h1-9,16H,10-12H2,(H2,20,23)/t16-,19-/m0/s1. The molecule has 0 aromatic heterocycles. The normalized spacial score (nSPS) is 24.3. The molecule has 2 aromatic carbocycles. The molecule has 0 unspecified atom stereocenters. The van der Waals surface area contributed by atoms with Gasteiger partial charge in [-0.1, -0.05) is 54.6 Å². The molecule has 0 saturated heterocycles. The lowest BCUT2D eigenvalue weighted by Gasteiger charge is -2.31. The summed E-state index contributed by atoms with van der Waals surface area (Å²) in [5.74, 6) is -0.580. The van der Waals surface area contributed by atoms with Crippen molar-refractivity contribution in [1.29, 1.82) is 0 Å². The number of benzene rings is 2. The van der Waals surface area contributed by atoms with E-state index in [1.165, 1.54) is 5.06 Å². The number of hydroxylamine groups is 2. The first-order valence-electron chi connectivity index (χ1n) is 8.15. The topological polar surface area (TPSA) is 81.9 Å². The second-order valence-electron chi connectivity index (χ2n) is 6.36. The summed E-state index contributed by atoms with van der Waals surface area (Å²) < 4.78 is 5.29. The highest BCUT2D eigenvalue weighted by Crippen LogP contribution is 2.55. The molecule has 2 aliphatic rings. The predicted octanol–water partition coefficient (Wildman–Crippen LogP) is 2.48. The molecule has 4 rings (SSSR count). The Bertz CT molecular complexity index is 823. The molecular weight excluding hydrogens is 320 g/mol. The van der Waals surface area contributed by atoms with Crippen LogP contribution in [0.1, 0.15) is 29.0 Å². The second kappa shape index (κ2) is 5.89. The summed E-state index contributed by atoms with van der Waals surface area (Å²) in [5.41, 5.74) is 6.96. The van der Waals surface area contributed by atoms with Gasteiger partial charge in [0, 0.05) is 12.3 Å². The molecule has 128 valence electrons. The van der Waals surface area contributed by atoms with Gasteiger partial charge in [0.15, 0.2) is 0 Å². The zero-order valence-electron chi connectivity index (χ0n) is 13.6. The fourth-order valence-corrected chi connectivity index (χ4v) is 3.43. The molecule has 1 aliphatic heterocycles. The Balaban J connectivity index is 1.59. The Kier molecular flexibility index (Phi) is 3.69. The van der Waals surface area contributed by atoms with Crippen molar-refractivity contribution in [3.05, 3.63) is 71.3 Å². The van der Waals surface area contributed by atoms with Crippen LogP contribution >= 0.6 is 0 Å². The lowest BCUT2D eigenvalue weighted by atomic mass is 10.1. The van der Waals surface area contributed by atoms with Gasteiger partial charge in [-0.2, -0.15) is 0 Å². The van der Waals surface area contributed by atoms with E-state index in [9.17, 15) is 9.59 Å². The third-order valence-electron chi connectivity index (χ3n) is 4.79. The van der Waals surface area contributed by atoms with Gasteiger partial charge in [-0.25, -0.2) is 9.86 Å². The average Bonchev–Trinajstić information content (AvgIpc) is 3.36. The smallest absolute Gasteiger partial charge is 0.405 e. The van der Waals surface area contributed by atoms with Crippen LogP contribution in [0.3, 0.4) is 0 Å². The first-order chi connectivity index (χ1) is 12.1. The molecule has 2 atom stereocenters. The van der Waals surface area contributed by atoms with Crippen molar-refractivity contribution in [1.82, 2.24) is 5.06 Å². The molecule has 1 fully saturated rings. The Hall–Kier alpha value is -2.86. The molecule has 25 heavy (non-hydrogen) atoms. The summed E-state index contributed by atoms with van der Waals surface area (Å²) in [5, 5.41) is 1.29. The third-order valence-corrected chi connectivity index (χ3v) is 4.79. The van der Waals surface area contributed by atoms with Gasteiger partial charge in [-0.05, 0) is 16.7 Å². The van der Waals surface area contributed by atoms with Gasteiger partial charge in [-0.3, -0.25) is 9.63 Å². The summed E-state index contributed by atoms with van der Waals surface area (Å²) in [7, 11) is 0. The van der Waals surface area contributed by atoms with Crippen LogP contribution in [0.4, 0.5) is 4.79 Å². The minimum absolute atomic E-state index is 0.213. The zero-order valence-corrected chi connectivity index (χ0v) is 13.6. The van der Waals surface area contributed by atoms with Crippen molar-refractivity contribution < 1.29 is 19.2 Å². The van der Waals surface area contributed by atoms with Crippen LogP contribution < -0.4 is 5.73 Å². The van der Waals surface area contributed by atoms with E-state index in [-0.39, 0.29) is 11.8 Å². The number of amides is 2. The molecule has 0 spiro atoms. The molecule has 6 heteroatoms. The Morgan fingerprint density at radius 1 is 1.08 bits per heavy atom. The monoisotopic (exact) mass is 338 g/mol. The van der Waals surface area contributed by atoms with Gasteiger partial charge < -0.3 is 10.5 Å². The van der Waals surface area contributed by atoms with Crippen molar-refractivity contribution in [2.45, 2.75) is 31.1 Å². The van der Waals surface area contributed by atoms with E-state index in [1.807, 2.05) is 54.6 Å². The van der Waals surface area contributed by atoms with Crippen LogP contribution in [0.5, 0.6) is 0 Å². The molecule has 1 heterocycles. The Labute approximate surface area is 145 Å². The SMILES string of the molecule is NC(=O)O[C@@]1(C(=O)N2Cc3ccccc3CO2)C[C@H]1c1ccccc1. The highest BCUT2D eigenvalue weighted by molar-refractivity contribution is 5.92. The number of carbonyl (C=O) groups excluding carboxylic acids is 2. The second-order valence-corrected chi connectivity index (χ2v) is 6.36. The number of fused-ring (bicyclic) bond motifs is 1. The highest BCUT2D eigenvalue weighted by atomic mass is 16.7. The van der Waals surface area contributed by atoms with Crippen LogP contribution in [-0.4, -0.2) is 22.7 Å². The average molecular weight is 338 g/mol. The van der Waals surface area contributed by atoms with Gasteiger partial charge in [0.25, 0.3) is 5.91 Å². The van der Waals surface area contributed by atoms with Crippen LogP contribution in [-0.2, 0) is 27.5 Å². The lowest BCUT2D eigenvalue weighted by molar-refractivity contribution is -0.210. The lowest BCUT2D eigenvalue weighted by Crippen LogP contribution is -2.45. The van der Waals surface area contributed by atoms with E-state index < -0.39 is 11.7 Å². The van der Waals surface area contributed by atoms with Crippen LogP contribution in [0.25, 0.3) is 0 Å². The summed E-state index contributed by atoms with van der Waals surface area (Å²) in [6.45, 7) is 0.630. The number of nitrogens with zero attached hydrogens (tertiary/aromatic N) is 1. The number of rotatable bonds is 3. The number of nitrogens with two attached hydrogens (primary N) is 1. The summed E-state index contributed by atoms with van der Waals surface area (Å²) >= 11 is 0. The van der Waals surface area contributed by atoms with Gasteiger partial charge >= 0.3 is 6.09 Å². The number of hydrogen-bond donors (Lipinski definition) is 1. The number of hydrogen-bond acceptors (Lipinski definition) is 4. The van der Waals surface area contributed by atoms with E-state index in [2.05, 4.69) is 0 Å². The third kappa shape index (κ3) is 2.74. The predicted molar refractivity (Wildman–Crippen MR) is 89.0 cm³/mol. The largest absolute Gasteiger partial charge is 0.432 e. The van der Waals surface area contributed by atoms with Crippen molar-refractivity contribution >= 4 is 12.0 Å². The first kappa shape index (κ1) is 15.7. The summed E-state index contributed by atoms with van der Waals surface area (Å²) in [6, 6.07) is 17.3. The minimum Gasteiger partial charge on any atom is -0.432 e. The van der Waals surface area contributed by atoms with Gasteiger partial charge in [0.2, 0.25) is 5.60 Å². The maximum absolute atomic E-state index is 13.1. The summed E-state index contributed by atoms with van der Waals surface area (Å²) in [6.07, 6.45) is -0.551. The zero-order chi connectivity index (χ0) is 17.4. The molecule has 0 radical (unpaired) electrons. The van der Waals surface area contributed by atoms with Crippen LogP contribution in [0.15, 0.2) is 54.6 Å². The highest BCUT2D eigenvalue weighted by Gasteiger charge is 2.66. The molecule has 1 saturated carbocycles. The van der Waals surface area contributed by atoms with Crippen LogP contribution in [0, 0.1) is 0 Å². The van der Waals surface area contributed by atoms with Gasteiger partial charge in [-0.15, -0.1) is 0 Å². The van der Waals surface area contributed by atoms with Crippen molar-refractivity contribution in [2.24, 2.45) is 5.73 Å². The van der Waals surface area contributed by atoms with E-state index in [4.69, 9.17) is 15.3 Å². The molecule has 2 N–H and O–H groups in total. The molecule has 1 aliphatic carbocycles. The Morgan fingerprint density at radius 3 is 2.48 bits per heavy atom. The molecule has 2 amide bonds. The Morgan fingerprint density at radius 2 is 1.76 bits per heavy atom. The van der Waals surface area contributed by atoms with Crippen molar-refractivity contribution in [2.75, 3.05) is 0 Å². The molecule has 2 aromatic rings. The maximum atomic E-state index is 13.1.